The maximum atomic E-state index is 12.0. The topological polar surface area (TPSA) is 54.9 Å². The lowest BCUT2D eigenvalue weighted by molar-refractivity contribution is 0.102. The maximum Gasteiger partial charge on any atom is 0.257 e. The summed E-state index contributed by atoms with van der Waals surface area (Å²) in [5.74, 6) is -0.00418. The number of halogens is 3. The van der Waals surface area contributed by atoms with Crippen LogP contribution in [0, 0.1) is 3.57 Å². The smallest absolute Gasteiger partial charge is 0.257 e. The Morgan fingerprint density at radius 3 is 2.61 bits per heavy atom. The molecule has 0 bridgehead atoms. The molecule has 0 radical (unpaired) electrons. The molecule has 7 heteroatoms. The van der Waals surface area contributed by atoms with Crippen molar-refractivity contribution in [1.82, 2.24) is 9.97 Å². The van der Waals surface area contributed by atoms with E-state index in [-0.39, 0.29) is 22.2 Å². The number of hydrogen-bond acceptors (Lipinski definition) is 3. The van der Waals surface area contributed by atoms with Gasteiger partial charge in [-0.3, -0.25) is 4.79 Å². The fourth-order valence-corrected chi connectivity index (χ4v) is 2.32. The van der Waals surface area contributed by atoms with E-state index in [1.54, 1.807) is 12.1 Å². The fourth-order valence-electron chi connectivity index (χ4n) is 1.28. The van der Waals surface area contributed by atoms with E-state index < -0.39 is 0 Å². The minimum Gasteiger partial charge on any atom is -0.306 e. The second-order valence-electron chi connectivity index (χ2n) is 3.28. The van der Waals surface area contributed by atoms with Crippen molar-refractivity contribution in [2.75, 3.05) is 5.32 Å². The van der Waals surface area contributed by atoms with Gasteiger partial charge in [0, 0.05) is 9.64 Å². The molecule has 1 amide bonds. The van der Waals surface area contributed by atoms with Gasteiger partial charge in [-0.05, 0) is 46.3 Å². The summed E-state index contributed by atoms with van der Waals surface area (Å²) in [7, 11) is 0. The molecule has 0 aliphatic heterocycles. The summed E-state index contributed by atoms with van der Waals surface area (Å²) in [5.41, 5.74) is 0.559. The number of aromatic nitrogens is 2. The molecule has 18 heavy (non-hydrogen) atoms. The Morgan fingerprint density at radius 2 is 1.94 bits per heavy atom. The van der Waals surface area contributed by atoms with Gasteiger partial charge in [0.1, 0.15) is 11.0 Å². The molecule has 0 fully saturated rings. The molecule has 1 heterocycles. The Balaban J connectivity index is 2.24. The lowest BCUT2D eigenvalue weighted by Gasteiger charge is -2.06. The van der Waals surface area contributed by atoms with Crippen molar-refractivity contribution in [3.05, 3.63) is 49.9 Å². The molecule has 4 nitrogen and oxygen atoms in total. The minimum atomic E-state index is -0.272. The lowest BCUT2D eigenvalue weighted by Crippen LogP contribution is -2.14. The van der Waals surface area contributed by atoms with Crippen molar-refractivity contribution in [2.24, 2.45) is 0 Å². The number of hydrogen-bond donors (Lipinski definition) is 1. The molecule has 2 aromatic rings. The van der Waals surface area contributed by atoms with Gasteiger partial charge in [0.25, 0.3) is 5.91 Å². The summed E-state index contributed by atoms with van der Waals surface area (Å²) < 4.78 is 0.846. The highest BCUT2D eigenvalue weighted by molar-refractivity contribution is 14.1. The van der Waals surface area contributed by atoms with Gasteiger partial charge >= 0.3 is 0 Å². The molecule has 0 aliphatic rings. The molecular formula is C11H6Cl2IN3O. The second-order valence-corrected chi connectivity index (χ2v) is 5.17. The quantitative estimate of drug-likeness (QED) is 0.481. The SMILES string of the molecule is O=C(Nc1cc(Cl)nc(Cl)n1)c1ccccc1I. The van der Waals surface area contributed by atoms with Crippen LogP contribution in [0.4, 0.5) is 5.82 Å². The average Bonchev–Trinajstić information content (AvgIpc) is 2.27. The van der Waals surface area contributed by atoms with Crippen LogP contribution in [-0.4, -0.2) is 15.9 Å². The summed E-state index contributed by atoms with van der Waals surface area (Å²) in [6, 6.07) is 8.64. The number of nitrogens with zero attached hydrogens (tertiary/aromatic N) is 2. The largest absolute Gasteiger partial charge is 0.306 e. The van der Waals surface area contributed by atoms with Gasteiger partial charge < -0.3 is 5.32 Å². The van der Waals surface area contributed by atoms with Crippen molar-refractivity contribution in [1.29, 1.82) is 0 Å². The summed E-state index contributed by atoms with van der Waals surface area (Å²) in [6.07, 6.45) is 0. The maximum absolute atomic E-state index is 12.0. The third kappa shape index (κ3) is 3.30. The molecule has 92 valence electrons. The van der Waals surface area contributed by atoms with Crippen LogP contribution in [0.1, 0.15) is 10.4 Å². The van der Waals surface area contributed by atoms with Gasteiger partial charge in [0.15, 0.2) is 0 Å². The molecule has 1 aromatic heterocycles. The summed E-state index contributed by atoms with van der Waals surface area (Å²) in [6.45, 7) is 0. The molecule has 0 saturated heterocycles. The summed E-state index contributed by atoms with van der Waals surface area (Å²) in [5, 5.41) is 2.78. The van der Waals surface area contributed by atoms with Gasteiger partial charge in [0.2, 0.25) is 5.28 Å². The van der Waals surface area contributed by atoms with E-state index in [9.17, 15) is 4.79 Å². The van der Waals surface area contributed by atoms with E-state index in [0.717, 1.165) is 3.57 Å². The molecule has 0 spiro atoms. The Bertz CT molecular complexity index is 586. The van der Waals surface area contributed by atoms with E-state index in [4.69, 9.17) is 23.2 Å². The van der Waals surface area contributed by atoms with Gasteiger partial charge in [-0.15, -0.1) is 0 Å². The van der Waals surface area contributed by atoms with Crippen LogP contribution in [0.15, 0.2) is 30.3 Å². The van der Waals surface area contributed by atoms with Crippen LogP contribution in [0.5, 0.6) is 0 Å². The highest BCUT2D eigenvalue weighted by atomic mass is 127. The van der Waals surface area contributed by atoms with Crippen LogP contribution < -0.4 is 5.32 Å². The molecule has 0 aliphatic carbocycles. The monoisotopic (exact) mass is 393 g/mol. The van der Waals surface area contributed by atoms with Gasteiger partial charge in [-0.1, -0.05) is 23.7 Å². The zero-order chi connectivity index (χ0) is 13.1. The Morgan fingerprint density at radius 1 is 1.22 bits per heavy atom. The third-order valence-corrected chi connectivity index (χ3v) is 3.33. The standard InChI is InChI=1S/C11H6Cl2IN3O/c12-8-5-9(17-11(13)15-8)16-10(18)6-3-1-2-4-7(6)14/h1-5H,(H,15,16,17,18). The number of anilines is 1. The molecule has 0 atom stereocenters. The first kappa shape index (κ1) is 13.5. The van der Waals surface area contributed by atoms with Crippen LogP contribution in [-0.2, 0) is 0 Å². The van der Waals surface area contributed by atoms with Gasteiger partial charge in [-0.25, -0.2) is 9.97 Å². The van der Waals surface area contributed by atoms with E-state index in [1.807, 2.05) is 12.1 Å². The molecule has 1 aromatic carbocycles. The first-order chi connectivity index (χ1) is 8.56. The zero-order valence-electron chi connectivity index (χ0n) is 8.82. The highest BCUT2D eigenvalue weighted by Gasteiger charge is 2.11. The second kappa shape index (κ2) is 5.81. The highest BCUT2D eigenvalue weighted by Crippen LogP contribution is 2.17. The molecule has 0 saturated carbocycles. The van der Waals surface area contributed by atoms with Crippen LogP contribution in [0.2, 0.25) is 10.4 Å². The first-order valence-electron chi connectivity index (χ1n) is 4.82. The normalized spacial score (nSPS) is 10.2. The van der Waals surface area contributed by atoms with Crippen LogP contribution >= 0.6 is 45.8 Å². The van der Waals surface area contributed by atoms with E-state index in [1.165, 1.54) is 6.07 Å². The van der Waals surface area contributed by atoms with Crippen molar-refractivity contribution < 1.29 is 4.79 Å². The van der Waals surface area contributed by atoms with Crippen LogP contribution in [0.3, 0.4) is 0 Å². The number of amides is 1. The molecule has 0 unspecified atom stereocenters. The van der Waals surface area contributed by atoms with E-state index in [0.29, 0.717) is 5.56 Å². The number of nitrogens with one attached hydrogen (secondary N) is 1. The molecule has 1 N–H and O–H groups in total. The van der Waals surface area contributed by atoms with Crippen molar-refractivity contribution in [3.63, 3.8) is 0 Å². The van der Waals surface area contributed by atoms with Crippen molar-refractivity contribution in [2.45, 2.75) is 0 Å². The third-order valence-electron chi connectivity index (χ3n) is 2.03. The predicted molar refractivity (Wildman–Crippen MR) is 79.2 cm³/mol. The number of carbonyl (C=O) groups excluding carboxylic acids is 1. The predicted octanol–water partition coefficient (Wildman–Crippen LogP) is 3.64. The van der Waals surface area contributed by atoms with Crippen molar-refractivity contribution >= 4 is 57.5 Å². The average molecular weight is 394 g/mol. The summed E-state index contributed by atoms with van der Waals surface area (Å²) >= 11 is 13.5. The Hall–Kier alpha value is -0.920. The van der Waals surface area contributed by atoms with Gasteiger partial charge in [-0.2, -0.15) is 0 Å². The molecule has 2 rings (SSSR count). The molecular weight excluding hydrogens is 388 g/mol. The fraction of sp³-hybridized carbons (Fsp3) is 0. The number of carbonyl (C=O) groups is 1. The van der Waals surface area contributed by atoms with E-state index >= 15 is 0 Å². The number of benzene rings is 1. The van der Waals surface area contributed by atoms with Gasteiger partial charge in [0.05, 0.1) is 5.56 Å². The lowest BCUT2D eigenvalue weighted by atomic mass is 10.2. The first-order valence-corrected chi connectivity index (χ1v) is 6.65. The zero-order valence-corrected chi connectivity index (χ0v) is 12.5. The van der Waals surface area contributed by atoms with E-state index in [2.05, 4.69) is 37.9 Å². The van der Waals surface area contributed by atoms with Crippen molar-refractivity contribution in [3.8, 4) is 0 Å². The Kier molecular flexibility index (Phi) is 4.36. The number of rotatable bonds is 2. The minimum absolute atomic E-state index is 0.0134. The summed E-state index contributed by atoms with van der Waals surface area (Å²) in [4.78, 5) is 19.6. The Labute approximate surface area is 127 Å². The van der Waals surface area contributed by atoms with Crippen LogP contribution in [0.25, 0.3) is 0 Å².